The van der Waals surface area contributed by atoms with Crippen molar-refractivity contribution in [2.24, 2.45) is 5.92 Å². The summed E-state index contributed by atoms with van der Waals surface area (Å²) >= 11 is 0. The second kappa shape index (κ2) is 10.3. The fraction of sp³-hybridized carbons (Fsp3) is 0.355. The van der Waals surface area contributed by atoms with Crippen molar-refractivity contribution >= 4 is 10.9 Å². The zero-order valence-corrected chi connectivity index (χ0v) is 21.7. The van der Waals surface area contributed by atoms with E-state index in [1.165, 1.54) is 0 Å². The van der Waals surface area contributed by atoms with Gasteiger partial charge in [-0.05, 0) is 87.0 Å². The lowest BCUT2D eigenvalue weighted by Gasteiger charge is -2.36. The molecule has 4 aromatic rings. The predicted octanol–water partition coefficient (Wildman–Crippen LogP) is 6.17. The lowest BCUT2D eigenvalue weighted by molar-refractivity contribution is 0.130. The number of likely N-dealkylation sites (tertiary alicyclic amines) is 1. The number of hydrogen-bond donors (Lipinski definition) is 0. The molecule has 5 heteroatoms. The molecule has 0 amide bonds. The Morgan fingerprint density at radius 3 is 2.61 bits per heavy atom. The summed E-state index contributed by atoms with van der Waals surface area (Å²) in [5.41, 5.74) is 4.91. The first-order valence-corrected chi connectivity index (χ1v) is 12.9. The van der Waals surface area contributed by atoms with Gasteiger partial charge in [0.15, 0.2) is 0 Å². The second-order valence-electron chi connectivity index (χ2n) is 10.2. The summed E-state index contributed by atoms with van der Waals surface area (Å²) in [5, 5.41) is 0.657. The molecule has 3 aromatic carbocycles. The van der Waals surface area contributed by atoms with Crippen LogP contribution in [0.2, 0.25) is 0 Å². The smallest absolute Gasteiger partial charge is 0.261 e. The van der Waals surface area contributed by atoms with Crippen molar-refractivity contribution < 1.29 is 4.74 Å². The minimum absolute atomic E-state index is 0.0321. The number of methoxy groups -OCH3 is 1. The van der Waals surface area contributed by atoms with Crippen LogP contribution < -0.4 is 10.3 Å². The summed E-state index contributed by atoms with van der Waals surface area (Å²) in [6.07, 6.45) is 2.29. The molecule has 0 aliphatic carbocycles. The third kappa shape index (κ3) is 4.80. The molecule has 1 saturated heterocycles. The van der Waals surface area contributed by atoms with Crippen molar-refractivity contribution in [2.45, 2.75) is 46.2 Å². The van der Waals surface area contributed by atoms with Crippen molar-refractivity contribution in [3.05, 3.63) is 82.6 Å². The van der Waals surface area contributed by atoms with Gasteiger partial charge in [-0.3, -0.25) is 9.36 Å². The normalized spacial score (nSPS) is 16.5. The van der Waals surface area contributed by atoms with Crippen molar-refractivity contribution in [3.63, 3.8) is 0 Å². The van der Waals surface area contributed by atoms with Crippen LogP contribution in [-0.4, -0.2) is 40.7 Å². The molecular weight excluding hydrogens is 446 g/mol. The van der Waals surface area contributed by atoms with E-state index in [1.54, 1.807) is 7.11 Å². The Labute approximate surface area is 213 Å². The molecule has 5 nitrogen and oxygen atoms in total. The molecule has 1 atom stereocenters. The third-order valence-electron chi connectivity index (χ3n) is 7.46. The molecule has 36 heavy (non-hydrogen) atoms. The van der Waals surface area contributed by atoms with Crippen LogP contribution >= 0.6 is 0 Å². The molecule has 1 fully saturated rings. The van der Waals surface area contributed by atoms with Gasteiger partial charge < -0.3 is 9.64 Å². The highest BCUT2D eigenvalue weighted by molar-refractivity contribution is 5.85. The van der Waals surface area contributed by atoms with Crippen LogP contribution in [0.1, 0.15) is 32.3 Å². The fourth-order valence-corrected chi connectivity index (χ4v) is 5.38. The monoisotopic (exact) mass is 481 g/mol. The molecule has 1 aliphatic rings. The Bertz CT molecular complexity index is 1440. The lowest BCUT2D eigenvalue weighted by Crippen LogP contribution is -2.42. The number of aromatic nitrogens is 2. The van der Waals surface area contributed by atoms with Gasteiger partial charge >= 0.3 is 0 Å². The first kappa shape index (κ1) is 24.3. The van der Waals surface area contributed by atoms with Gasteiger partial charge in [-0.2, -0.15) is 0 Å². The Morgan fingerprint density at radius 1 is 1.03 bits per heavy atom. The molecule has 0 spiro atoms. The molecule has 5 rings (SSSR count). The van der Waals surface area contributed by atoms with Crippen LogP contribution in [0.25, 0.3) is 33.4 Å². The number of fused-ring (bicyclic) bond motifs is 1. The Hall–Kier alpha value is -3.44. The Kier molecular flexibility index (Phi) is 6.92. The van der Waals surface area contributed by atoms with Gasteiger partial charge in [-0.1, -0.05) is 42.5 Å². The highest BCUT2D eigenvalue weighted by Crippen LogP contribution is 2.29. The van der Waals surface area contributed by atoms with Crippen molar-refractivity contribution in [1.29, 1.82) is 0 Å². The second-order valence-corrected chi connectivity index (χ2v) is 10.2. The highest BCUT2D eigenvalue weighted by Gasteiger charge is 2.24. The van der Waals surface area contributed by atoms with Gasteiger partial charge in [-0.15, -0.1) is 0 Å². The average Bonchev–Trinajstić information content (AvgIpc) is 2.90. The van der Waals surface area contributed by atoms with E-state index >= 15 is 0 Å². The molecule has 1 unspecified atom stereocenters. The Balaban J connectivity index is 1.64. The predicted molar refractivity (Wildman–Crippen MR) is 148 cm³/mol. The molecule has 186 valence electrons. The summed E-state index contributed by atoms with van der Waals surface area (Å²) in [6.45, 7) is 9.42. The summed E-state index contributed by atoms with van der Waals surface area (Å²) in [4.78, 5) is 21.7. The zero-order chi connectivity index (χ0) is 25.2. The maximum atomic E-state index is 14.1. The minimum Gasteiger partial charge on any atom is -0.497 e. The van der Waals surface area contributed by atoms with Gasteiger partial charge in [0.05, 0.1) is 18.0 Å². The fourth-order valence-electron chi connectivity index (χ4n) is 5.38. The Morgan fingerprint density at radius 2 is 1.83 bits per heavy atom. The number of rotatable bonds is 6. The van der Waals surface area contributed by atoms with Gasteiger partial charge in [0.2, 0.25) is 0 Å². The summed E-state index contributed by atoms with van der Waals surface area (Å²) < 4.78 is 7.35. The zero-order valence-electron chi connectivity index (χ0n) is 21.7. The van der Waals surface area contributed by atoms with Crippen molar-refractivity contribution in [2.75, 3.05) is 20.2 Å². The summed E-state index contributed by atoms with van der Waals surface area (Å²) in [6, 6.07) is 22.7. The SMILES string of the molecule is COc1cccc(-c2ccc3nc(-c4ccccc4C)n(CC4CCCN(C(C)C)C4)c(=O)c3c2)c1. The van der Waals surface area contributed by atoms with E-state index < -0.39 is 0 Å². The number of piperidine rings is 1. The van der Waals surface area contributed by atoms with E-state index in [4.69, 9.17) is 9.72 Å². The van der Waals surface area contributed by atoms with Gasteiger partial charge in [0.25, 0.3) is 5.56 Å². The highest BCUT2D eigenvalue weighted by atomic mass is 16.5. The van der Waals surface area contributed by atoms with Crippen molar-refractivity contribution in [3.8, 4) is 28.3 Å². The van der Waals surface area contributed by atoms with E-state index in [0.29, 0.717) is 23.9 Å². The number of aryl methyl sites for hydroxylation is 1. The third-order valence-corrected chi connectivity index (χ3v) is 7.46. The van der Waals surface area contributed by atoms with Crippen LogP contribution in [0.15, 0.2) is 71.5 Å². The molecule has 0 bridgehead atoms. The number of ether oxygens (including phenoxy) is 1. The summed E-state index contributed by atoms with van der Waals surface area (Å²) in [7, 11) is 1.67. The molecule has 1 aliphatic heterocycles. The van der Waals surface area contributed by atoms with E-state index in [-0.39, 0.29) is 5.56 Å². The lowest BCUT2D eigenvalue weighted by atomic mass is 9.96. The average molecular weight is 482 g/mol. The van der Waals surface area contributed by atoms with E-state index in [2.05, 4.69) is 37.8 Å². The minimum atomic E-state index is 0.0321. The van der Waals surface area contributed by atoms with E-state index in [0.717, 1.165) is 65.3 Å². The molecule has 0 radical (unpaired) electrons. The standard InChI is InChI=1S/C31H35N3O2/c1-21(2)33-16-8-10-23(19-33)20-34-30(27-13-6-5-9-22(27)3)32-29-15-14-25(18-28(29)31(34)35)24-11-7-12-26(17-24)36-4/h5-7,9,11-15,17-18,21,23H,8,10,16,19-20H2,1-4H3. The van der Waals surface area contributed by atoms with Crippen LogP contribution in [0.3, 0.4) is 0 Å². The number of benzene rings is 3. The summed E-state index contributed by atoms with van der Waals surface area (Å²) in [5.74, 6) is 1.98. The quantitative estimate of drug-likeness (QED) is 0.331. The maximum absolute atomic E-state index is 14.1. The van der Waals surface area contributed by atoms with Gasteiger partial charge in [0, 0.05) is 24.7 Å². The maximum Gasteiger partial charge on any atom is 0.261 e. The molecule has 1 aromatic heterocycles. The first-order chi connectivity index (χ1) is 17.4. The van der Waals surface area contributed by atoms with Gasteiger partial charge in [0.1, 0.15) is 11.6 Å². The molecule has 2 heterocycles. The molecular formula is C31H35N3O2. The van der Waals surface area contributed by atoms with Crippen LogP contribution in [-0.2, 0) is 6.54 Å². The first-order valence-electron chi connectivity index (χ1n) is 12.9. The largest absolute Gasteiger partial charge is 0.497 e. The molecule has 0 N–H and O–H groups in total. The molecule has 0 saturated carbocycles. The topological polar surface area (TPSA) is 47.4 Å². The van der Waals surface area contributed by atoms with Crippen LogP contribution in [0.5, 0.6) is 5.75 Å². The van der Waals surface area contributed by atoms with Gasteiger partial charge in [-0.25, -0.2) is 4.98 Å². The number of nitrogens with zero attached hydrogens (tertiary/aromatic N) is 3. The van der Waals surface area contributed by atoms with Crippen molar-refractivity contribution in [1.82, 2.24) is 14.5 Å². The van der Waals surface area contributed by atoms with E-state index in [1.807, 2.05) is 59.2 Å². The van der Waals surface area contributed by atoms with E-state index in [9.17, 15) is 4.79 Å². The number of hydrogen-bond acceptors (Lipinski definition) is 4. The van der Waals surface area contributed by atoms with Crippen LogP contribution in [0.4, 0.5) is 0 Å². The van der Waals surface area contributed by atoms with Crippen LogP contribution in [0, 0.1) is 12.8 Å².